The number of alkyl halides is 3. The average Bonchev–Trinajstić information content (AvgIpc) is 1.72. The molecule has 0 amide bonds. The third-order valence-corrected chi connectivity index (χ3v) is 35.4. The molecule has 5 fully saturated rings. The third kappa shape index (κ3) is 24.8. The molecule has 0 atom stereocenters. The minimum atomic E-state index is -4.46. The van der Waals surface area contributed by atoms with Gasteiger partial charge in [0.2, 0.25) is 0 Å². The second kappa shape index (κ2) is 42.5. The second-order valence-corrected chi connectivity index (χ2v) is 47.2. The molecule has 0 radical (unpaired) electrons. The molecule has 20 rings (SSSR count). The largest absolute Gasteiger partial charge is 0.601 e. The quantitative estimate of drug-likeness (QED) is 0.0530. The van der Waals surface area contributed by atoms with E-state index in [-0.39, 0.29) is 91.8 Å². The van der Waals surface area contributed by atoms with Crippen molar-refractivity contribution in [2.75, 3.05) is 0 Å². The number of hydrogen-bond donors (Lipinski definition) is 0. The molecular weight excluding hydrogens is 1730 g/mol. The average molecular weight is 1850 g/mol. The van der Waals surface area contributed by atoms with Gasteiger partial charge < -0.3 is 23.7 Å². The monoisotopic (exact) mass is 1850 g/mol. The van der Waals surface area contributed by atoms with Gasteiger partial charge >= 0.3 is 5.51 Å². The van der Waals surface area contributed by atoms with Gasteiger partial charge in [0.1, 0.15) is 78.9 Å². The summed E-state index contributed by atoms with van der Waals surface area (Å²) in [5.41, 5.74) is -4.98. The lowest BCUT2D eigenvalue weighted by Gasteiger charge is -2.59. The number of thiophene rings is 1. The molecule has 5 nitrogen and oxygen atoms in total. The zero-order valence-electron chi connectivity index (χ0n) is 76.8. The summed E-state index contributed by atoms with van der Waals surface area (Å²) in [6.45, 7) is 23.5. The van der Waals surface area contributed by atoms with E-state index in [0.717, 1.165) is 108 Å². The zero-order valence-corrected chi connectivity index (χ0v) is 80.9. The van der Waals surface area contributed by atoms with E-state index >= 15 is 0 Å². The highest BCUT2D eigenvalue weighted by Gasteiger charge is 2.57. The van der Waals surface area contributed by atoms with Crippen molar-refractivity contribution in [3.8, 4) is 28.7 Å². The van der Waals surface area contributed by atoms with Crippen LogP contribution < -0.4 is 23.7 Å². The van der Waals surface area contributed by atoms with Gasteiger partial charge in [-0.1, -0.05) is 141 Å². The molecule has 1 aromatic heterocycles. The van der Waals surface area contributed by atoms with Crippen LogP contribution in [0, 0.1) is 35.3 Å². The summed E-state index contributed by atoms with van der Waals surface area (Å²) in [7, 11) is -2.63. The topological polar surface area (TPSA) is 46.2 Å². The number of benzene rings is 14. The van der Waals surface area contributed by atoms with E-state index in [1.54, 1.807) is 0 Å². The molecule has 4 bridgehead atoms. The lowest BCUT2D eigenvalue weighted by Crippen LogP contribution is -2.59. The van der Waals surface area contributed by atoms with E-state index in [1.165, 1.54) is 110 Å². The molecule has 131 heavy (non-hydrogen) atoms. The van der Waals surface area contributed by atoms with Gasteiger partial charge in [-0.15, -0.1) is 13.2 Å². The predicted molar refractivity (Wildman–Crippen MR) is 535 cm³/mol. The number of ether oxygens (including phenoxy) is 5. The zero-order chi connectivity index (χ0) is 91.9. The van der Waals surface area contributed by atoms with Crippen molar-refractivity contribution < 1.29 is 45.6 Å². The first kappa shape index (κ1) is 95.0. The Bertz CT molecular complexity index is 5830. The van der Waals surface area contributed by atoms with Gasteiger partial charge in [-0.2, -0.15) is 0 Å². The van der Waals surface area contributed by atoms with E-state index in [2.05, 4.69) is 410 Å². The smallest absolute Gasteiger partial charge is 0.488 e. The standard InChI is InChI=1S/C29H31OS.C26H31O2S.C25H27OS.C23H25OS.C13H6F5S/c1-29(23-17-21-16-22(19-23)20-24(29)18-21)30-25-12-14-28(15-13-25)31(26-8-4-2-5-9-26)27-10-6-3-7-11-27;1-25(2,3)27-20-12-16-23(17-13-20)29(22-10-8-7-9-11-22)24-18-14-21(15-19-24)28-26(4,5)6;1-25(19-9-4-10-20-25)26-21-15-17-24(18-16-21)27(22-11-5-2-6-12-22)23-13-7-3-8-14-23;1-4-23(2,3)24-19-15-17-22(18-16-19)25(20-11-7-5-8-12-20)21-13-9-6-10-14-21;14-7-1-3-11-9(5-7)10-6-8(15)2-4-12(10)19(11)13(16,17)18/h2-15,21-24H,16-20H2,1H3;7-19H,1-6H3;2-3,5-8,11-18H,4,9-10,19-20H2,1H3;5-18H,4H2,1-3H3;1-6H/q5*+1. The first-order valence-electron chi connectivity index (χ1n) is 45.7. The first-order chi connectivity index (χ1) is 63.0. The van der Waals surface area contributed by atoms with Crippen molar-refractivity contribution >= 4 is 74.2 Å². The van der Waals surface area contributed by atoms with Gasteiger partial charge in [0.15, 0.2) is 68.1 Å². The van der Waals surface area contributed by atoms with Gasteiger partial charge in [0, 0.05) is 12.1 Å². The van der Waals surface area contributed by atoms with Gasteiger partial charge in [0.25, 0.3) is 0 Å². The summed E-state index contributed by atoms with van der Waals surface area (Å²) in [6.07, 6.45) is 14.2. The molecule has 15 heteroatoms. The highest BCUT2D eigenvalue weighted by molar-refractivity contribution is 7.98. The molecule has 14 aromatic carbocycles. The Labute approximate surface area is 787 Å². The van der Waals surface area contributed by atoms with Crippen LogP contribution in [0.2, 0.25) is 0 Å². The van der Waals surface area contributed by atoms with Crippen LogP contribution in [0.4, 0.5) is 22.0 Å². The van der Waals surface area contributed by atoms with Crippen molar-refractivity contribution in [3.05, 3.63) is 382 Å². The number of rotatable bonds is 21. The Balaban J connectivity index is 0.000000126. The summed E-state index contributed by atoms with van der Waals surface area (Å²) in [5, 5.41) is 0.241. The summed E-state index contributed by atoms with van der Waals surface area (Å²) >= 11 is 0. The molecule has 5 saturated carbocycles. The van der Waals surface area contributed by atoms with E-state index in [0.29, 0.717) is 0 Å². The van der Waals surface area contributed by atoms with Crippen LogP contribution in [0.5, 0.6) is 28.7 Å². The maximum atomic E-state index is 13.2. The molecule has 0 spiro atoms. The SMILES string of the molecule is CC(C)(C)Oc1ccc([S+](c2ccccc2)c2ccc(OC(C)(C)C)cc2)cc1.CC1(Oc2ccc([S+](c3ccccc3)c3ccccc3)cc2)C2CC3CC(C2)CC1C3.CC1(Oc2ccc([S+](c3ccccc3)c3ccccc3)cc2)CCCCC1.CCC(C)(C)Oc1ccc([S+](c2ccccc2)c2ccccc2)cc1.Fc1ccc2c(c1)c1cc(F)ccc1[s+]2C(F)(F)F. The van der Waals surface area contributed by atoms with Crippen molar-refractivity contribution in [1.82, 2.24) is 0 Å². The van der Waals surface area contributed by atoms with E-state index < -0.39 is 27.6 Å². The van der Waals surface area contributed by atoms with Crippen LogP contribution in [-0.4, -0.2) is 28.0 Å². The Kier molecular flexibility index (Phi) is 30.8. The molecule has 5 aliphatic rings. The van der Waals surface area contributed by atoms with Crippen LogP contribution in [0.15, 0.2) is 429 Å². The van der Waals surface area contributed by atoms with Gasteiger partial charge in [0.05, 0.1) is 54.4 Å². The fourth-order valence-electron chi connectivity index (χ4n) is 18.2. The Morgan fingerprint density at radius 1 is 0.305 bits per heavy atom. The predicted octanol–water partition coefficient (Wildman–Crippen LogP) is 33.2. The van der Waals surface area contributed by atoms with Crippen LogP contribution >= 0.6 is 10.5 Å². The fraction of sp³-hybridized carbons (Fsp3) is 0.276. The summed E-state index contributed by atoms with van der Waals surface area (Å²) in [5.74, 6) is 6.91. The van der Waals surface area contributed by atoms with Crippen molar-refractivity contribution in [1.29, 1.82) is 0 Å². The molecule has 1 heterocycles. The maximum absolute atomic E-state index is 13.2. The minimum absolute atomic E-state index is 0.000311. The van der Waals surface area contributed by atoms with Crippen molar-refractivity contribution in [2.45, 2.75) is 239 Å². The number of fused-ring (bicyclic) bond motifs is 3. The first-order valence-corrected chi connectivity index (χ1v) is 51.8. The van der Waals surface area contributed by atoms with Crippen molar-refractivity contribution in [2.24, 2.45) is 23.7 Å². The Morgan fingerprint density at radius 3 is 0.817 bits per heavy atom. The summed E-state index contributed by atoms with van der Waals surface area (Å²) < 4.78 is 97.2. The molecular formula is C116H120F5O5S5+5. The lowest BCUT2D eigenvalue weighted by molar-refractivity contribution is -0.145. The van der Waals surface area contributed by atoms with Gasteiger partial charge in [-0.3, -0.25) is 0 Å². The second-order valence-electron chi connectivity index (χ2n) is 37.2. The number of halogens is 5. The van der Waals surface area contributed by atoms with Crippen LogP contribution in [0.1, 0.15) is 147 Å². The molecule has 0 saturated heterocycles. The molecule has 15 aromatic rings. The van der Waals surface area contributed by atoms with Crippen LogP contribution in [0.25, 0.3) is 20.2 Å². The van der Waals surface area contributed by atoms with Crippen molar-refractivity contribution in [3.63, 3.8) is 0 Å². The van der Waals surface area contributed by atoms with Crippen LogP contribution in [0.3, 0.4) is 0 Å². The van der Waals surface area contributed by atoms with Crippen LogP contribution in [-0.2, 0) is 49.1 Å². The van der Waals surface area contributed by atoms with E-state index in [9.17, 15) is 22.0 Å². The van der Waals surface area contributed by atoms with Gasteiger partial charge in [-0.05, 0) is 388 Å². The molecule has 5 aliphatic carbocycles. The van der Waals surface area contributed by atoms with E-state index in [1.807, 2.05) is 0 Å². The summed E-state index contributed by atoms with van der Waals surface area (Å²) in [6, 6.07) is 125. The van der Waals surface area contributed by atoms with E-state index in [4.69, 9.17) is 23.7 Å². The maximum Gasteiger partial charge on any atom is 0.601 e. The minimum Gasteiger partial charge on any atom is -0.488 e. The molecule has 0 unspecified atom stereocenters. The highest BCUT2D eigenvalue weighted by atomic mass is 32.2. The molecule has 674 valence electrons. The Morgan fingerprint density at radius 2 is 0.557 bits per heavy atom. The highest BCUT2D eigenvalue weighted by Crippen LogP contribution is 2.60. The normalized spacial score (nSPS) is 17.4. The molecule has 0 N–H and O–H groups in total. The molecule has 0 aliphatic heterocycles. The van der Waals surface area contributed by atoms with Gasteiger partial charge in [-0.25, -0.2) is 8.78 Å². The Hall–Kier alpha value is -10.7. The number of hydrogen-bond acceptors (Lipinski definition) is 5. The summed E-state index contributed by atoms with van der Waals surface area (Å²) in [4.78, 5) is 15.9. The third-order valence-electron chi connectivity index (χ3n) is 24.5. The fourth-order valence-corrected chi connectivity index (χ4v) is 28.5. The lowest BCUT2D eigenvalue weighted by atomic mass is 9.50.